The zero-order chi connectivity index (χ0) is 12.7. The van der Waals surface area contributed by atoms with Crippen molar-refractivity contribution in [2.24, 2.45) is 0 Å². The SMILES string of the molecule is CC1(C)c2ccccc2C(C)(C)N1OCC#N. The standard InChI is InChI=1S/C14H18N2O/c1-13(2)11-7-5-6-8-12(11)14(3,4)16(13)17-10-9-15/h5-8H,10H2,1-4H3. The molecule has 3 nitrogen and oxygen atoms in total. The third kappa shape index (κ3) is 1.65. The molecular formula is C14H18N2O. The van der Waals surface area contributed by atoms with Gasteiger partial charge in [0, 0.05) is 0 Å². The lowest BCUT2D eigenvalue weighted by atomic mass is 9.91. The molecule has 1 aliphatic heterocycles. The number of nitrogens with zero attached hydrogens (tertiary/aromatic N) is 2. The molecule has 0 aliphatic carbocycles. The van der Waals surface area contributed by atoms with Gasteiger partial charge in [0.1, 0.15) is 0 Å². The number of rotatable bonds is 2. The summed E-state index contributed by atoms with van der Waals surface area (Å²) in [5.74, 6) is 0. The second-order valence-electron chi connectivity index (χ2n) is 5.39. The summed E-state index contributed by atoms with van der Waals surface area (Å²) in [6.07, 6.45) is 0. The first-order valence-corrected chi connectivity index (χ1v) is 5.82. The van der Waals surface area contributed by atoms with Crippen LogP contribution in [0.5, 0.6) is 0 Å². The van der Waals surface area contributed by atoms with Gasteiger partial charge in [-0.25, -0.2) is 0 Å². The highest BCUT2D eigenvalue weighted by molar-refractivity contribution is 5.42. The number of hydrogen-bond acceptors (Lipinski definition) is 3. The minimum atomic E-state index is -0.211. The van der Waals surface area contributed by atoms with E-state index in [0.29, 0.717) is 0 Å². The van der Waals surface area contributed by atoms with Gasteiger partial charge in [-0.3, -0.25) is 4.84 Å². The molecule has 1 aromatic rings. The summed E-state index contributed by atoms with van der Waals surface area (Å²) in [5, 5.41) is 10.6. The van der Waals surface area contributed by atoms with Gasteiger partial charge in [0.25, 0.3) is 0 Å². The van der Waals surface area contributed by atoms with E-state index in [1.807, 2.05) is 23.3 Å². The van der Waals surface area contributed by atoms with Crippen LogP contribution >= 0.6 is 0 Å². The Kier molecular flexibility index (Phi) is 2.73. The molecule has 0 bridgehead atoms. The van der Waals surface area contributed by atoms with Crippen molar-refractivity contribution in [1.82, 2.24) is 5.06 Å². The first-order valence-electron chi connectivity index (χ1n) is 5.82. The molecule has 0 N–H and O–H groups in total. The summed E-state index contributed by atoms with van der Waals surface area (Å²) >= 11 is 0. The predicted molar refractivity (Wildman–Crippen MR) is 65.9 cm³/mol. The summed E-state index contributed by atoms with van der Waals surface area (Å²) in [6, 6.07) is 10.4. The molecule has 1 aliphatic rings. The molecule has 0 saturated heterocycles. The lowest BCUT2D eigenvalue weighted by molar-refractivity contribution is -0.252. The second kappa shape index (κ2) is 3.83. The van der Waals surface area contributed by atoms with Gasteiger partial charge in [0.05, 0.1) is 17.1 Å². The Hall–Kier alpha value is -1.37. The zero-order valence-corrected chi connectivity index (χ0v) is 10.8. The lowest BCUT2D eigenvalue weighted by Crippen LogP contribution is -2.45. The molecule has 0 radical (unpaired) electrons. The minimum Gasteiger partial charge on any atom is -0.282 e. The maximum atomic E-state index is 8.68. The summed E-state index contributed by atoms with van der Waals surface area (Å²) in [6.45, 7) is 8.58. The first kappa shape index (κ1) is 12.1. The fourth-order valence-corrected chi connectivity index (χ4v) is 2.88. The van der Waals surface area contributed by atoms with Crippen molar-refractivity contribution in [2.75, 3.05) is 6.61 Å². The Bertz CT molecular complexity index is 436. The topological polar surface area (TPSA) is 36.3 Å². The van der Waals surface area contributed by atoms with Gasteiger partial charge in [-0.1, -0.05) is 24.3 Å². The van der Waals surface area contributed by atoms with Gasteiger partial charge in [0.15, 0.2) is 6.61 Å². The van der Waals surface area contributed by atoms with E-state index in [9.17, 15) is 0 Å². The average molecular weight is 230 g/mol. The van der Waals surface area contributed by atoms with Crippen molar-refractivity contribution in [3.05, 3.63) is 35.4 Å². The van der Waals surface area contributed by atoms with Gasteiger partial charge in [-0.2, -0.15) is 10.3 Å². The maximum Gasteiger partial charge on any atom is 0.155 e. The Labute approximate surface area is 103 Å². The normalized spacial score (nSPS) is 20.9. The van der Waals surface area contributed by atoms with Gasteiger partial charge in [-0.05, 0) is 38.8 Å². The van der Waals surface area contributed by atoms with Crippen LogP contribution < -0.4 is 0 Å². The van der Waals surface area contributed by atoms with E-state index < -0.39 is 0 Å². The van der Waals surface area contributed by atoms with Crippen LogP contribution in [-0.2, 0) is 15.9 Å². The highest BCUT2D eigenvalue weighted by atomic mass is 16.7. The third-order valence-corrected chi connectivity index (χ3v) is 3.52. The molecule has 0 spiro atoms. The van der Waals surface area contributed by atoms with Gasteiger partial charge in [0.2, 0.25) is 0 Å². The molecule has 17 heavy (non-hydrogen) atoms. The number of nitriles is 1. The number of hydroxylamine groups is 2. The lowest BCUT2D eigenvalue weighted by Gasteiger charge is -2.38. The molecule has 0 fully saturated rings. The van der Waals surface area contributed by atoms with Crippen LogP contribution in [-0.4, -0.2) is 11.7 Å². The number of hydrogen-bond donors (Lipinski definition) is 0. The number of benzene rings is 1. The maximum absolute atomic E-state index is 8.68. The van der Waals surface area contributed by atoms with Crippen molar-refractivity contribution in [3.63, 3.8) is 0 Å². The van der Waals surface area contributed by atoms with Crippen LogP contribution in [0.1, 0.15) is 38.8 Å². The summed E-state index contributed by atoms with van der Waals surface area (Å²) in [4.78, 5) is 5.64. The quantitative estimate of drug-likeness (QED) is 0.783. The van der Waals surface area contributed by atoms with Crippen molar-refractivity contribution in [1.29, 1.82) is 5.26 Å². The summed E-state index contributed by atoms with van der Waals surface area (Å²) in [5.41, 5.74) is 2.11. The van der Waals surface area contributed by atoms with Crippen LogP contribution in [0.2, 0.25) is 0 Å². The monoisotopic (exact) mass is 230 g/mol. The van der Waals surface area contributed by atoms with Gasteiger partial charge < -0.3 is 0 Å². The largest absolute Gasteiger partial charge is 0.282 e. The number of fused-ring (bicyclic) bond motifs is 1. The smallest absolute Gasteiger partial charge is 0.155 e. The molecule has 1 aromatic carbocycles. The van der Waals surface area contributed by atoms with E-state index in [-0.39, 0.29) is 17.7 Å². The van der Waals surface area contributed by atoms with Crippen LogP contribution in [0.4, 0.5) is 0 Å². The van der Waals surface area contributed by atoms with E-state index >= 15 is 0 Å². The molecule has 3 heteroatoms. The Morgan fingerprint density at radius 1 is 1.12 bits per heavy atom. The van der Waals surface area contributed by atoms with Crippen molar-refractivity contribution >= 4 is 0 Å². The van der Waals surface area contributed by atoms with Crippen molar-refractivity contribution in [3.8, 4) is 6.07 Å². The predicted octanol–water partition coefficient (Wildman–Crippen LogP) is 2.93. The molecule has 90 valence electrons. The third-order valence-electron chi connectivity index (χ3n) is 3.52. The van der Waals surface area contributed by atoms with E-state index in [2.05, 4.69) is 39.8 Å². The van der Waals surface area contributed by atoms with E-state index in [1.54, 1.807) is 0 Å². The van der Waals surface area contributed by atoms with E-state index in [4.69, 9.17) is 10.1 Å². The molecule has 0 saturated carbocycles. The van der Waals surface area contributed by atoms with E-state index in [1.165, 1.54) is 11.1 Å². The van der Waals surface area contributed by atoms with Crippen LogP contribution in [0.15, 0.2) is 24.3 Å². The molecule has 0 atom stereocenters. The average Bonchev–Trinajstić information content (AvgIpc) is 2.43. The fraction of sp³-hybridized carbons (Fsp3) is 0.500. The Morgan fingerprint density at radius 3 is 2.00 bits per heavy atom. The Balaban J connectivity index is 2.49. The highest BCUT2D eigenvalue weighted by Crippen LogP contribution is 2.49. The molecule has 0 unspecified atom stereocenters. The van der Waals surface area contributed by atoms with Crippen LogP contribution in [0, 0.1) is 11.3 Å². The van der Waals surface area contributed by atoms with Gasteiger partial charge >= 0.3 is 0 Å². The first-order chi connectivity index (χ1) is 7.92. The fourth-order valence-electron chi connectivity index (χ4n) is 2.88. The van der Waals surface area contributed by atoms with Crippen molar-refractivity contribution in [2.45, 2.75) is 38.8 Å². The van der Waals surface area contributed by atoms with Gasteiger partial charge in [-0.15, -0.1) is 0 Å². The second-order valence-corrected chi connectivity index (χ2v) is 5.39. The molecule has 1 heterocycles. The molecule has 0 aromatic heterocycles. The van der Waals surface area contributed by atoms with Crippen LogP contribution in [0.3, 0.4) is 0 Å². The Morgan fingerprint density at radius 2 is 1.59 bits per heavy atom. The highest BCUT2D eigenvalue weighted by Gasteiger charge is 2.49. The molecule has 0 amide bonds. The summed E-state index contributed by atoms with van der Waals surface area (Å²) < 4.78 is 0. The summed E-state index contributed by atoms with van der Waals surface area (Å²) in [7, 11) is 0. The van der Waals surface area contributed by atoms with Crippen molar-refractivity contribution < 1.29 is 4.84 Å². The molecule has 2 rings (SSSR count). The molecular weight excluding hydrogens is 212 g/mol. The minimum absolute atomic E-state index is 0.0842. The zero-order valence-electron chi connectivity index (χ0n) is 10.8. The van der Waals surface area contributed by atoms with E-state index in [0.717, 1.165) is 0 Å². The van der Waals surface area contributed by atoms with Crippen LogP contribution in [0.25, 0.3) is 0 Å².